The third-order valence-corrected chi connectivity index (χ3v) is 3.07. The van der Waals surface area contributed by atoms with Crippen LogP contribution in [-0.2, 0) is 22.6 Å². The summed E-state index contributed by atoms with van der Waals surface area (Å²) < 4.78 is 0. The van der Waals surface area contributed by atoms with E-state index in [-0.39, 0.29) is 12.5 Å². The molecule has 17 heavy (non-hydrogen) atoms. The zero-order valence-electron chi connectivity index (χ0n) is 9.43. The Hall–Kier alpha value is -1.88. The van der Waals surface area contributed by atoms with Crippen molar-refractivity contribution in [1.29, 1.82) is 0 Å². The Balaban J connectivity index is 2.34. The average molecular weight is 233 g/mol. The van der Waals surface area contributed by atoms with E-state index in [1.54, 1.807) is 0 Å². The van der Waals surface area contributed by atoms with Crippen molar-refractivity contribution < 1.29 is 9.59 Å². The van der Waals surface area contributed by atoms with E-state index in [0.717, 1.165) is 11.1 Å². The minimum atomic E-state index is -0.582. The first-order valence-electron chi connectivity index (χ1n) is 5.49. The molecule has 0 saturated heterocycles. The van der Waals surface area contributed by atoms with Gasteiger partial charge >= 0.3 is 0 Å². The highest BCUT2D eigenvalue weighted by Gasteiger charge is 2.32. The number of fused-ring (bicyclic) bond motifs is 1. The van der Waals surface area contributed by atoms with Crippen LogP contribution in [0.25, 0.3) is 0 Å². The molecule has 1 aromatic rings. The van der Waals surface area contributed by atoms with Crippen LogP contribution in [0.5, 0.6) is 0 Å². The molecule has 2 amide bonds. The maximum absolute atomic E-state index is 11.7. The number of amides is 2. The van der Waals surface area contributed by atoms with Crippen LogP contribution in [0.3, 0.4) is 0 Å². The lowest BCUT2D eigenvalue weighted by Crippen LogP contribution is -2.52. The molecule has 0 bridgehead atoms. The average Bonchev–Trinajstić information content (AvgIpc) is 2.36. The summed E-state index contributed by atoms with van der Waals surface area (Å²) >= 11 is 0. The molecule has 0 radical (unpaired) electrons. The van der Waals surface area contributed by atoms with Gasteiger partial charge in [0.2, 0.25) is 11.8 Å². The van der Waals surface area contributed by atoms with Crippen LogP contribution in [0.1, 0.15) is 11.1 Å². The number of carbonyl (C=O) groups is 2. The number of hydrogen-bond donors (Lipinski definition) is 2. The topological polar surface area (TPSA) is 89.4 Å². The van der Waals surface area contributed by atoms with Crippen LogP contribution in [-0.4, -0.2) is 29.3 Å². The number of nitrogens with two attached hydrogens (primary N) is 2. The molecule has 1 unspecified atom stereocenters. The van der Waals surface area contributed by atoms with Gasteiger partial charge in [0.05, 0.1) is 6.54 Å². The van der Waals surface area contributed by atoms with Gasteiger partial charge in [0, 0.05) is 13.0 Å². The van der Waals surface area contributed by atoms with Gasteiger partial charge < -0.3 is 16.4 Å². The van der Waals surface area contributed by atoms with E-state index >= 15 is 0 Å². The summed E-state index contributed by atoms with van der Waals surface area (Å²) in [5.74, 6) is -0.732. The third-order valence-electron chi connectivity index (χ3n) is 3.07. The Morgan fingerprint density at radius 1 is 1.29 bits per heavy atom. The van der Waals surface area contributed by atoms with Gasteiger partial charge in [0.1, 0.15) is 6.04 Å². The van der Waals surface area contributed by atoms with Gasteiger partial charge in [0.15, 0.2) is 0 Å². The number of carbonyl (C=O) groups excluding carboxylic acids is 2. The summed E-state index contributed by atoms with van der Waals surface area (Å²) in [7, 11) is 0. The van der Waals surface area contributed by atoms with E-state index in [0.29, 0.717) is 13.0 Å². The molecule has 0 aromatic heterocycles. The number of primary amides is 1. The van der Waals surface area contributed by atoms with Crippen molar-refractivity contribution in [2.75, 3.05) is 6.54 Å². The molecule has 0 fully saturated rings. The van der Waals surface area contributed by atoms with E-state index in [1.807, 2.05) is 24.3 Å². The SMILES string of the molecule is NCC(=O)N1Cc2ccccc2CC1C(N)=O. The zero-order valence-corrected chi connectivity index (χ0v) is 9.43. The second-order valence-corrected chi connectivity index (χ2v) is 4.12. The minimum absolute atomic E-state index is 0.105. The van der Waals surface area contributed by atoms with Crippen LogP contribution in [0.4, 0.5) is 0 Å². The molecule has 1 aliphatic rings. The molecular weight excluding hydrogens is 218 g/mol. The van der Waals surface area contributed by atoms with Crippen molar-refractivity contribution in [1.82, 2.24) is 4.90 Å². The van der Waals surface area contributed by atoms with Gasteiger partial charge in [-0.05, 0) is 11.1 Å². The summed E-state index contributed by atoms with van der Waals surface area (Å²) in [6.07, 6.45) is 0.469. The minimum Gasteiger partial charge on any atom is -0.368 e. The lowest BCUT2D eigenvalue weighted by molar-refractivity contribution is -0.139. The van der Waals surface area contributed by atoms with Crippen LogP contribution in [0, 0.1) is 0 Å². The summed E-state index contributed by atoms with van der Waals surface area (Å²) in [6, 6.07) is 7.14. The highest BCUT2D eigenvalue weighted by molar-refractivity contribution is 5.88. The molecular formula is C12H15N3O2. The molecule has 5 nitrogen and oxygen atoms in total. The number of rotatable bonds is 2. The van der Waals surface area contributed by atoms with Gasteiger partial charge in [-0.2, -0.15) is 0 Å². The maximum Gasteiger partial charge on any atom is 0.240 e. The van der Waals surface area contributed by atoms with Gasteiger partial charge in [0.25, 0.3) is 0 Å². The predicted octanol–water partition coefficient (Wildman–Crippen LogP) is -0.616. The van der Waals surface area contributed by atoms with E-state index < -0.39 is 11.9 Å². The van der Waals surface area contributed by atoms with E-state index in [4.69, 9.17) is 11.5 Å². The molecule has 1 atom stereocenters. The standard InChI is InChI=1S/C12H15N3O2/c13-6-11(16)15-7-9-4-2-1-3-8(9)5-10(15)12(14)17/h1-4,10H,5-7,13H2,(H2,14,17). The lowest BCUT2D eigenvalue weighted by atomic mass is 9.93. The fourth-order valence-electron chi connectivity index (χ4n) is 2.16. The Morgan fingerprint density at radius 3 is 2.53 bits per heavy atom. The van der Waals surface area contributed by atoms with E-state index in [9.17, 15) is 9.59 Å². The van der Waals surface area contributed by atoms with Crippen LogP contribution < -0.4 is 11.5 Å². The largest absolute Gasteiger partial charge is 0.368 e. The quantitative estimate of drug-likeness (QED) is 0.713. The molecule has 4 N–H and O–H groups in total. The number of benzene rings is 1. The molecule has 90 valence electrons. The van der Waals surface area contributed by atoms with Gasteiger partial charge in [-0.15, -0.1) is 0 Å². The Morgan fingerprint density at radius 2 is 1.94 bits per heavy atom. The summed E-state index contributed by atoms with van der Waals surface area (Å²) in [5.41, 5.74) is 12.8. The van der Waals surface area contributed by atoms with Crippen molar-refractivity contribution in [3.63, 3.8) is 0 Å². The number of nitrogens with zero attached hydrogens (tertiary/aromatic N) is 1. The lowest BCUT2D eigenvalue weighted by Gasteiger charge is -2.34. The van der Waals surface area contributed by atoms with Crippen molar-refractivity contribution in [3.8, 4) is 0 Å². The van der Waals surface area contributed by atoms with Crippen LogP contribution >= 0.6 is 0 Å². The smallest absolute Gasteiger partial charge is 0.240 e. The first kappa shape index (κ1) is 11.6. The van der Waals surface area contributed by atoms with Crippen LogP contribution in [0.15, 0.2) is 24.3 Å². The molecule has 0 spiro atoms. The number of hydrogen-bond acceptors (Lipinski definition) is 3. The van der Waals surface area contributed by atoms with E-state index in [2.05, 4.69) is 0 Å². The Kier molecular flexibility index (Phi) is 3.10. The molecule has 1 aliphatic heterocycles. The molecule has 1 heterocycles. The van der Waals surface area contributed by atoms with Crippen molar-refractivity contribution in [3.05, 3.63) is 35.4 Å². The first-order chi connectivity index (χ1) is 8.13. The van der Waals surface area contributed by atoms with Crippen molar-refractivity contribution in [2.45, 2.75) is 19.0 Å². The maximum atomic E-state index is 11.7. The van der Waals surface area contributed by atoms with E-state index in [1.165, 1.54) is 4.90 Å². The Bertz CT molecular complexity index is 459. The van der Waals surface area contributed by atoms with Gasteiger partial charge in [-0.1, -0.05) is 24.3 Å². The van der Waals surface area contributed by atoms with Gasteiger partial charge in [-0.25, -0.2) is 0 Å². The predicted molar refractivity (Wildman–Crippen MR) is 62.7 cm³/mol. The van der Waals surface area contributed by atoms with Gasteiger partial charge in [-0.3, -0.25) is 9.59 Å². The van der Waals surface area contributed by atoms with Crippen molar-refractivity contribution >= 4 is 11.8 Å². The zero-order chi connectivity index (χ0) is 12.4. The second kappa shape index (κ2) is 4.55. The highest BCUT2D eigenvalue weighted by Crippen LogP contribution is 2.22. The molecule has 2 rings (SSSR count). The molecule has 5 heteroatoms. The molecule has 0 saturated carbocycles. The second-order valence-electron chi connectivity index (χ2n) is 4.12. The fourth-order valence-corrected chi connectivity index (χ4v) is 2.16. The first-order valence-corrected chi connectivity index (χ1v) is 5.49. The summed E-state index contributed by atoms with van der Waals surface area (Å²) in [5, 5.41) is 0. The monoisotopic (exact) mass is 233 g/mol. The van der Waals surface area contributed by atoms with Crippen molar-refractivity contribution in [2.24, 2.45) is 11.5 Å². The normalized spacial score (nSPS) is 18.6. The Labute approximate surface area is 99.4 Å². The fraction of sp³-hybridized carbons (Fsp3) is 0.333. The summed E-state index contributed by atoms with van der Waals surface area (Å²) in [6.45, 7) is 0.297. The highest BCUT2D eigenvalue weighted by atomic mass is 16.2. The summed E-state index contributed by atoms with van der Waals surface area (Å²) in [4.78, 5) is 24.5. The van der Waals surface area contributed by atoms with Crippen LogP contribution in [0.2, 0.25) is 0 Å². The third kappa shape index (κ3) is 2.14. The molecule has 1 aromatic carbocycles. The molecule has 0 aliphatic carbocycles.